The molecule has 2 aromatic rings. The van der Waals surface area contributed by atoms with Crippen molar-refractivity contribution < 1.29 is 29.2 Å². The van der Waals surface area contributed by atoms with Crippen molar-refractivity contribution >= 4 is 0 Å². The van der Waals surface area contributed by atoms with E-state index < -0.39 is 40.2 Å². The average Bonchev–Trinajstić information content (AvgIpc) is 2.30. The zero-order valence-corrected chi connectivity index (χ0v) is 8.85. The third-order valence-corrected chi connectivity index (χ3v) is 2.44. The molecule has 4 N–H and O–H groups in total. The lowest BCUT2D eigenvalue weighted by Gasteiger charge is -2.11. The molecule has 6 heteroatoms. The molecule has 0 saturated heterocycles. The number of aromatic hydroxyl groups is 4. The minimum Gasteiger partial charge on any atom is -0.507 e. The summed E-state index contributed by atoms with van der Waals surface area (Å²) in [7, 11) is 0. The first-order valence-electron chi connectivity index (χ1n) is 4.84. The second-order valence-corrected chi connectivity index (χ2v) is 3.59. The van der Waals surface area contributed by atoms with Crippen molar-refractivity contribution in [3.63, 3.8) is 0 Å². The molecule has 0 aromatic heterocycles. The lowest BCUT2D eigenvalue weighted by Crippen LogP contribution is -1.90. The Labute approximate surface area is 100.0 Å². The van der Waals surface area contributed by atoms with E-state index in [0.717, 1.165) is 12.1 Å². The first kappa shape index (κ1) is 12.0. The molecule has 94 valence electrons. The molecule has 0 unspecified atom stereocenters. The van der Waals surface area contributed by atoms with E-state index in [9.17, 15) is 29.2 Å². The SMILES string of the molecule is Oc1cccc(O)c1-c1c(O)cc(F)c(F)c1O. The van der Waals surface area contributed by atoms with Crippen LogP contribution in [0.25, 0.3) is 11.1 Å². The second-order valence-electron chi connectivity index (χ2n) is 3.59. The molecule has 0 spiro atoms. The fourth-order valence-electron chi connectivity index (χ4n) is 1.63. The summed E-state index contributed by atoms with van der Waals surface area (Å²) in [5.41, 5.74) is -0.962. The maximum atomic E-state index is 13.2. The highest BCUT2D eigenvalue weighted by Crippen LogP contribution is 2.47. The summed E-state index contributed by atoms with van der Waals surface area (Å²) in [6.45, 7) is 0. The summed E-state index contributed by atoms with van der Waals surface area (Å²) in [6, 6.07) is 4.07. The highest BCUT2D eigenvalue weighted by molar-refractivity contribution is 5.84. The lowest BCUT2D eigenvalue weighted by molar-refractivity contribution is 0.394. The van der Waals surface area contributed by atoms with Crippen LogP contribution in [0.15, 0.2) is 24.3 Å². The summed E-state index contributed by atoms with van der Waals surface area (Å²) in [6.07, 6.45) is 0. The van der Waals surface area contributed by atoms with Gasteiger partial charge in [0.2, 0.25) is 5.82 Å². The van der Waals surface area contributed by atoms with Crippen molar-refractivity contribution in [3.05, 3.63) is 35.9 Å². The number of hydrogen-bond acceptors (Lipinski definition) is 4. The van der Waals surface area contributed by atoms with E-state index >= 15 is 0 Å². The Hall–Kier alpha value is -2.50. The van der Waals surface area contributed by atoms with Gasteiger partial charge in [-0.1, -0.05) is 6.07 Å². The quantitative estimate of drug-likeness (QED) is 0.630. The number of phenolic OH excluding ortho intramolecular Hbond substituents is 4. The Kier molecular flexibility index (Phi) is 2.70. The standard InChI is InChI=1S/C12H8F2O4/c13-5-4-8(17)10(12(18)11(5)14)9-6(15)2-1-3-7(9)16/h1-4,15-18H. The van der Waals surface area contributed by atoms with Crippen molar-refractivity contribution in [1.82, 2.24) is 0 Å². The molecule has 2 aromatic carbocycles. The smallest absolute Gasteiger partial charge is 0.201 e. The molecule has 2 rings (SSSR count). The van der Waals surface area contributed by atoms with Gasteiger partial charge >= 0.3 is 0 Å². The largest absolute Gasteiger partial charge is 0.507 e. The zero-order chi connectivity index (χ0) is 13.4. The van der Waals surface area contributed by atoms with Crippen LogP contribution in [0, 0.1) is 11.6 Å². The van der Waals surface area contributed by atoms with Crippen molar-refractivity contribution in [1.29, 1.82) is 0 Å². The third-order valence-electron chi connectivity index (χ3n) is 2.44. The second kappa shape index (κ2) is 4.06. The van der Waals surface area contributed by atoms with Gasteiger partial charge in [-0.2, -0.15) is 4.39 Å². The summed E-state index contributed by atoms with van der Waals surface area (Å²) in [5.74, 6) is -6.00. The molecular formula is C12H8F2O4. The molecule has 18 heavy (non-hydrogen) atoms. The van der Waals surface area contributed by atoms with E-state index in [1.54, 1.807) is 0 Å². The first-order chi connectivity index (χ1) is 8.43. The Balaban J connectivity index is 2.84. The van der Waals surface area contributed by atoms with Crippen molar-refractivity contribution in [3.8, 4) is 34.1 Å². The number of halogens is 2. The Bertz CT molecular complexity index is 606. The van der Waals surface area contributed by atoms with Crippen molar-refractivity contribution in [2.24, 2.45) is 0 Å². The predicted molar refractivity (Wildman–Crippen MR) is 58.5 cm³/mol. The molecule has 0 atom stereocenters. The average molecular weight is 254 g/mol. The fourth-order valence-corrected chi connectivity index (χ4v) is 1.63. The van der Waals surface area contributed by atoms with Crippen molar-refractivity contribution in [2.45, 2.75) is 0 Å². The molecule has 0 aliphatic rings. The lowest BCUT2D eigenvalue weighted by atomic mass is 10.0. The van der Waals surface area contributed by atoms with Gasteiger partial charge in [-0.05, 0) is 12.1 Å². The minimum absolute atomic E-state index is 0.383. The molecule has 0 aliphatic heterocycles. The van der Waals surface area contributed by atoms with Gasteiger partial charge in [0, 0.05) is 6.07 Å². The molecule has 0 bridgehead atoms. The van der Waals surface area contributed by atoms with Gasteiger partial charge in [0.15, 0.2) is 11.6 Å². The summed E-state index contributed by atoms with van der Waals surface area (Å²) in [5, 5.41) is 38.1. The Morgan fingerprint density at radius 1 is 0.778 bits per heavy atom. The predicted octanol–water partition coefficient (Wildman–Crippen LogP) is 2.45. The van der Waals surface area contributed by atoms with E-state index in [4.69, 9.17) is 0 Å². The number of hydrogen-bond donors (Lipinski definition) is 4. The molecule has 0 fully saturated rings. The normalized spacial score (nSPS) is 10.6. The fraction of sp³-hybridized carbons (Fsp3) is 0. The topological polar surface area (TPSA) is 80.9 Å². The number of rotatable bonds is 1. The summed E-state index contributed by atoms with van der Waals surface area (Å²) < 4.78 is 26.1. The molecule has 0 radical (unpaired) electrons. The molecular weight excluding hydrogens is 246 g/mol. The first-order valence-corrected chi connectivity index (χ1v) is 4.84. The monoisotopic (exact) mass is 254 g/mol. The number of phenols is 4. The minimum atomic E-state index is -1.58. The van der Waals surface area contributed by atoms with Crippen molar-refractivity contribution in [2.75, 3.05) is 0 Å². The number of benzene rings is 2. The van der Waals surface area contributed by atoms with Crippen LogP contribution < -0.4 is 0 Å². The summed E-state index contributed by atoms with van der Waals surface area (Å²) in [4.78, 5) is 0. The summed E-state index contributed by atoms with van der Waals surface area (Å²) >= 11 is 0. The van der Waals surface area contributed by atoms with E-state index in [0.29, 0.717) is 6.07 Å². The Morgan fingerprint density at radius 3 is 1.89 bits per heavy atom. The third kappa shape index (κ3) is 1.67. The van der Waals surface area contributed by atoms with Crippen LogP contribution in [0.4, 0.5) is 8.78 Å². The Morgan fingerprint density at radius 2 is 1.33 bits per heavy atom. The van der Waals surface area contributed by atoms with Gasteiger partial charge in [0.05, 0.1) is 11.1 Å². The van der Waals surface area contributed by atoms with Crippen LogP contribution in [-0.4, -0.2) is 20.4 Å². The molecule has 0 heterocycles. The van der Waals surface area contributed by atoms with E-state index in [-0.39, 0.29) is 5.56 Å². The van der Waals surface area contributed by atoms with E-state index in [1.165, 1.54) is 6.07 Å². The molecule has 0 amide bonds. The van der Waals surface area contributed by atoms with Crippen LogP contribution in [0.5, 0.6) is 23.0 Å². The zero-order valence-electron chi connectivity index (χ0n) is 8.85. The molecule has 0 aliphatic carbocycles. The van der Waals surface area contributed by atoms with E-state index in [1.807, 2.05) is 0 Å². The van der Waals surface area contributed by atoms with E-state index in [2.05, 4.69) is 0 Å². The van der Waals surface area contributed by atoms with Gasteiger partial charge in [-0.3, -0.25) is 0 Å². The highest BCUT2D eigenvalue weighted by Gasteiger charge is 2.23. The van der Waals surface area contributed by atoms with Gasteiger partial charge in [0.25, 0.3) is 0 Å². The maximum absolute atomic E-state index is 13.2. The van der Waals surface area contributed by atoms with Crippen LogP contribution in [0.1, 0.15) is 0 Å². The van der Waals surface area contributed by atoms with Gasteiger partial charge in [-0.15, -0.1) is 0 Å². The molecule has 4 nitrogen and oxygen atoms in total. The maximum Gasteiger partial charge on any atom is 0.201 e. The van der Waals surface area contributed by atoms with Gasteiger partial charge in [-0.25, -0.2) is 4.39 Å². The highest BCUT2D eigenvalue weighted by atomic mass is 19.2. The van der Waals surface area contributed by atoms with Crippen LogP contribution >= 0.6 is 0 Å². The van der Waals surface area contributed by atoms with Gasteiger partial charge in [0.1, 0.15) is 17.2 Å². The van der Waals surface area contributed by atoms with Crippen LogP contribution in [0.2, 0.25) is 0 Å². The molecule has 0 saturated carbocycles. The van der Waals surface area contributed by atoms with Crippen LogP contribution in [0.3, 0.4) is 0 Å². The van der Waals surface area contributed by atoms with Gasteiger partial charge < -0.3 is 20.4 Å². The van der Waals surface area contributed by atoms with Crippen LogP contribution in [-0.2, 0) is 0 Å².